The van der Waals surface area contributed by atoms with Crippen molar-refractivity contribution in [2.24, 2.45) is 5.92 Å². The van der Waals surface area contributed by atoms with Crippen LogP contribution in [0.15, 0.2) is 89.7 Å². The first-order valence-corrected chi connectivity index (χ1v) is 15.7. The zero-order valence-electron chi connectivity index (χ0n) is 22.9. The number of benzene rings is 2. The summed E-state index contributed by atoms with van der Waals surface area (Å²) in [6, 6.07) is 19.0. The van der Waals surface area contributed by atoms with E-state index in [1.165, 1.54) is 34.7 Å². The Morgan fingerprint density at radius 2 is 1.74 bits per heavy atom. The first kappa shape index (κ1) is 29.1. The fourth-order valence-electron chi connectivity index (χ4n) is 5.16. The second kappa shape index (κ2) is 12.7. The van der Waals surface area contributed by atoms with Gasteiger partial charge in [-0.15, -0.1) is 21.5 Å². The summed E-state index contributed by atoms with van der Waals surface area (Å²) < 4.78 is 42.2. The molecule has 1 fully saturated rings. The Hall–Kier alpha value is -4.03. The number of carbonyl (C=O) groups excluding carboxylic acids is 1. The van der Waals surface area contributed by atoms with Crippen LogP contribution in [0.2, 0.25) is 0 Å². The predicted molar refractivity (Wildman–Crippen MR) is 160 cm³/mol. The van der Waals surface area contributed by atoms with E-state index in [-0.39, 0.29) is 5.91 Å². The van der Waals surface area contributed by atoms with Crippen molar-refractivity contribution in [3.05, 3.63) is 106 Å². The van der Waals surface area contributed by atoms with Crippen LogP contribution in [0.5, 0.6) is 0 Å². The Kier molecular flexibility index (Phi) is 8.57. The molecule has 4 heterocycles. The number of rotatable bonds is 8. The second-order valence-electron chi connectivity index (χ2n) is 10.3. The standard InChI is InChI=1S/C31H27F3N6OS2/c32-31(33,34)24-7-4-8-25(18-24)40-28(23-9-13-35-14-10-23)37-38-30(40)43-20-27-36-26(19-42-27)29(41)39-15-11-22(12-16-39)17-21-5-2-1-3-6-21/h1-10,13-14,18-19,22H,11-12,15-17,20H2. The van der Waals surface area contributed by atoms with Crippen molar-refractivity contribution < 1.29 is 18.0 Å². The summed E-state index contributed by atoms with van der Waals surface area (Å²) in [7, 11) is 0. The minimum atomic E-state index is -4.49. The molecule has 220 valence electrons. The number of halogens is 3. The van der Waals surface area contributed by atoms with Gasteiger partial charge in [0.15, 0.2) is 11.0 Å². The molecule has 1 saturated heterocycles. The molecule has 43 heavy (non-hydrogen) atoms. The van der Waals surface area contributed by atoms with Crippen molar-refractivity contribution in [1.29, 1.82) is 0 Å². The highest BCUT2D eigenvalue weighted by Crippen LogP contribution is 2.34. The Balaban J connectivity index is 1.15. The number of aromatic nitrogens is 5. The van der Waals surface area contributed by atoms with Crippen LogP contribution < -0.4 is 0 Å². The van der Waals surface area contributed by atoms with Gasteiger partial charge in [-0.2, -0.15) is 13.2 Å². The van der Waals surface area contributed by atoms with Gasteiger partial charge in [-0.3, -0.25) is 14.3 Å². The molecule has 1 amide bonds. The minimum Gasteiger partial charge on any atom is -0.337 e. The van der Waals surface area contributed by atoms with Crippen LogP contribution in [0, 0.1) is 5.92 Å². The van der Waals surface area contributed by atoms with Crippen molar-refractivity contribution in [3.63, 3.8) is 0 Å². The van der Waals surface area contributed by atoms with Gasteiger partial charge in [-0.25, -0.2) is 4.98 Å². The van der Waals surface area contributed by atoms with Gasteiger partial charge < -0.3 is 4.90 Å². The zero-order chi connectivity index (χ0) is 29.8. The van der Waals surface area contributed by atoms with Gasteiger partial charge in [-0.1, -0.05) is 48.2 Å². The molecule has 0 spiro atoms. The van der Waals surface area contributed by atoms with Crippen LogP contribution in [0.1, 0.15) is 39.5 Å². The largest absolute Gasteiger partial charge is 0.416 e. The van der Waals surface area contributed by atoms with Crippen molar-refractivity contribution in [2.75, 3.05) is 13.1 Å². The summed E-state index contributed by atoms with van der Waals surface area (Å²) in [5.41, 5.74) is 1.94. The molecule has 0 atom stereocenters. The lowest BCUT2D eigenvalue weighted by molar-refractivity contribution is -0.137. The third-order valence-corrected chi connectivity index (χ3v) is 9.34. The number of piperidine rings is 1. The van der Waals surface area contributed by atoms with Crippen molar-refractivity contribution in [2.45, 2.75) is 36.3 Å². The molecular formula is C31H27F3N6OS2. The predicted octanol–water partition coefficient (Wildman–Crippen LogP) is 7.19. The first-order chi connectivity index (χ1) is 20.8. The van der Waals surface area contributed by atoms with E-state index in [4.69, 9.17) is 0 Å². The fraction of sp³-hybridized carbons (Fsp3) is 0.258. The highest BCUT2D eigenvalue weighted by Gasteiger charge is 2.31. The molecule has 1 aliphatic heterocycles. The number of thioether (sulfide) groups is 1. The maximum Gasteiger partial charge on any atom is 0.416 e. The van der Waals surface area contributed by atoms with Crippen molar-refractivity contribution >= 4 is 29.0 Å². The topological polar surface area (TPSA) is 76.8 Å². The van der Waals surface area contributed by atoms with Crippen molar-refractivity contribution in [1.82, 2.24) is 29.6 Å². The lowest BCUT2D eigenvalue weighted by Gasteiger charge is -2.31. The monoisotopic (exact) mass is 620 g/mol. The SMILES string of the molecule is O=C(c1csc(CSc2nnc(-c3ccncc3)n2-c2cccc(C(F)(F)F)c2)n1)N1CCC(Cc2ccccc2)CC1. The number of hydrogen-bond donors (Lipinski definition) is 0. The number of likely N-dealkylation sites (tertiary alicyclic amines) is 1. The van der Waals surface area contributed by atoms with Gasteiger partial charge in [0, 0.05) is 36.4 Å². The maximum atomic E-state index is 13.5. The Bertz CT molecular complexity index is 1680. The molecule has 0 N–H and O–H groups in total. The first-order valence-electron chi connectivity index (χ1n) is 13.8. The molecular weight excluding hydrogens is 594 g/mol. The zero-order valence-corrected chi connectivity index (χ0v) is 24.6. The quantitative estimate of drug-likeness (QED) is 0.171. The molecule has 0 radical (unpaired) electrons. The molecule has 0 bridgehead atoms. The van der Waals surface area contributed by atoms with Gasteiger partial charge in [0.1, 0.15) is 10.7 Å². The van der Waals surface area contributed by atoms with E-state index < -0.39 is 11.7 Å². The Labute approximate surface area is 254 Å². The van der Waals surface area contributed by atoms with E-state index in [1.54, 1.807) is 40.5 Å². The third-order valence-electron chi connectivity index (χ3n) is 7.37. The molecule has 12 heteroatoms. The van der Waals surface area contributed by atoms with E-state index >= 15 is 0 Å². The molecule has 0 saturated carbocycles. The molecule has 7 nitrogen and oxygen atoms in total. The smallest absolute Gasteiger partial charge is 0.337 e. The van der Waals surface area contributed by atoms with Gasteiger partial charge in [-0.05, 0) is 61.1 Å². The maximum absolute atomic E-state index is 13.5. The van der Waals surface area contributed by atoms with Crippen molar-refractivity contribution in [3.8, 4) is 17.1 Å². The summed E-state index contributed by atoms with van der Waals surface area (Å²) >= 11 is 2.68. The van der Waals surface area contributed by atoms with Crippen LogP contribution in [0.25, 0.3) is 17.1 Å². The van der Waals surface area contributed by atoms with Crippen LogP contribution in [-0.2, 0) is 18.3 Å². The second-order valence-corrected chi connectivity index (χ2v) is 12.2. The van der Waals surface area contributed by atoms with Gasteiger partial charge >= 0.3 is 6.18 Å². The summed E-state index contributed by atoms with van der Waals surface area (Å²) in [5, 5.41) is 11.5. The number of nitrogens with zero attached hydrogens (tertiary/aromatic N) is 6. The van der Waals surface area contributed by atoms with Gasteiger partial charge in [0.05, 0.1) is 17.0 Å². The minimum absolute atomic E-state index is 0.0715. The molecule has 0 unspecified atom stereocenters. The fourth-order valence-corrected chi connectivity index (χ4v) is 6.89. The number of amides is 1. The molecule has 6 rings (SSSR count). The van der Waals surface area contributed by atoms with Crippen LogP contribution in [0.4, 0.5) is 13.2 Å². The van der Waals surface area contributed by atoms with Crippen LogP contribution in [0.3, 0.4) is 0 Å². The van der Waals surface area contributed by atoms with E-state index in [0.29, 0.717) is 52.7 Å². The third kappa shape index (κ3) is 6.80. The molecule has 1 aliphatic rings. The van der Waals surface area contributed by atoms with E-state index in [2.05, 4.69) is 44.4 Å². The van der Waals surface area contributed by atoms with Crippen LogP contribution in [-0.4, -0.2) is 48.6 Å². The normalized spacial score (nSPS) is 14.3. The number of hydrogen-bond acceptors (Lipinski definition) is 7. The summed E-state index contributed by atoms with van der Waals surface area (Å²) in [5.74, 6) is 1.26. The number of thiazole rings is 1. The average Bonchev–Trinajstić information content (AvgIpc) is 3.68. The number of alkyl halides is 3. The van der Waals surface area contributed by atoms with E-state index in [9.17, 15) is 18.0 Å². The van der Waals surface area contributed by atoms with Gasteiger partial charge in [0.2, 0.25) is 0 Å². The lowest BCUT2D eigenvalue weighted by Crippen LogP contribution is -2.39. The molecule has 0 aliphatic carbocycles. The molecule has 3 aromatic heterocycles. The summed E-state index contributed by atoms with van der Waals surface area (Å²) in [4.78, 5) is 23.7. The average molecular weight is 621 g/mol. The Morgan fingerprint density at radius 3 is 2.49 bits per heavy atom. The van der Waals surface area contributed by atoms with Crippen LogP contribution >= 0.6 is 23.1 Å². The van der Waals surface area contributed by atoms with Gasteiger partial charge in [0.25, 0.3) is 5.91 Å². The van der Waals surface area contributed by atoms with E-state index in [0.717, 1.165) is 36.4 Å². The number of pyridine rings is 1. The highest BCUT2D eigenvalue weighted by molar-refractivity contribution is 7.98. The number of carbonyl (C=O) groups is 1. The van der Waals surface area contributed by atoms with E-state index in [1.807, 2.05) is 11.0 Å². The Morgan fingerprint density at radius 1 is 0.977 bits per heavy atom. The lowest BCUT2D eigenvalue weighted by atomic mass is 9.90. The summed E-state index contributed by atoms with van der Waals surface area (Å²) in [6.45, 7) is 1.41. The highest BCUT2D eigenvalue weighted by atomic mass is 32.2. The molecule has 5 aromatic rings. The molecule has 2 aromatic carbocycles. The summed E-state index contributed by atoms with van der Waals surface area (Å²) in [6.07, 6.45) is 1.63.